The average molecular weight is 536 g/mol. The van der Waals surface area contributed by atoms with Gasteiger partial charge in [0.25, 0.3) is 5.91 Å². The Kier molecular flexibility index (Phi) is 8.71. The van der Waals surface area contributed by atoms with E-state index in [2.05, 4.69) is 15.6 Å². The summed E-state index contributed by atoms with van der Waals surface area (Å²) in [6.45, 7) is 3.54. The van der Waals surface area contributed by atoms with Crippen LogP contribution < -0.4 is 15.4 Å². The number of phenolic OH excluding ortho intramolecular Hbond substituents is 1. The lowest BCUT2D eigenvalue weighted by Crippen LogP contribution is -2.31. The van der Waals surface area contributed by atoms with Gasteiger partial charge in [-0.1, -0.05) is 36.2 Å². The van der Waals surface area contributed by atoms with Crippen molar-refractivity contribution < 1.29 is 23.6 Å². The van der Waals surface area contributed by atoms with Crippen LogP contribution in [0.3, 0.4) is 0 Å². The summed E-state index contributed by atoms with van der Waals surface area (Å²) >= 11 is 12.4. The molecule has 0 aliphatic heterocycles. The Hall–Kier alpha value is -3.14. The minimum atomic E-state index is -1.69. The number of nitrogens with one attached hydrogen (secondary N) is 2. The van der Waals surface area contributed by atoms with Crippen LogP contribution in [-0.2, 0) is 15.6 Å². The molecule has 1 aromatic heterocycles. The number of aromatic hydroxyl groups is 1. The molecule has 0 fully saturated rings. The van der Waals surface area contributed by atoms with Crippen molar-refractivity contribution in [3.8, 4) is 11.6 Å². The number of aryl methyl sites for hydroxylation is 1. The number of anilines is 2. The number of nitrogens with zero attached hydrogens (tertiary/aromatic N) is 1. The average Bonchev–Trinajstić information content (AvgIpc) is 2.84. The summed E-state index contributed by atoms with van der Waals surface area (Å²) in [5.41, 5.74) is 1.28. The fraction of sp³-hybridized carbons (Fsp3) is 0.208. The van der Waals surface area contributed by atoms with E-state index in [9.17, 15) is 18.9 Å². The molecule has 0 radical (unpaired) electrons. The SMILES string of the molecule is CCC(C(=O)Nc1cc(O)c(NC(=O)c2ccc(C)c(Cl)c2)cc1Cl)S(=O)c1ccc(OC)nc1. The first-order valence-electron chi connectivity index (χ1n) is 10.5. The second-order valence-electron chi connectivity index (χ2n) is 7.49. The standard InChI is InChI=1S/C24H23Cl2N3O5S/c1-4-21(35(33)15-7-8-22(34-3)27-12-15)24(32)28-18-11-20(30)19(10-17(18)26)29-23(31)14-6-5-13(2)16(25)9-14/h5-12,21,30H,4H2,1-3H3,(H,28,32)(H,29,31). The van der Waals surface area contributed by atoms with Gasteiger partial charge >= 0.3 is 0 Å². The van der Waals surface area contributed by atoms with Crippen molar-refractivity contribution >= 4 is 57.2 Å². The predicted molar refractivity (Wildman–Crippen MR) is 137 cm³/mol. The lowest BCUT2D eigenvalue weighted by Gasteiger charge is -2.17. The lowest BCUT2D eigenvalue weighted by atomic mass is 10.1. The Morgan fingerprint density at radius 3 is 2.43 bits per heavy atom. The quantitative estimate of drug-likeness (QED) is 0.341. The molecular formula is C24H23Cl2N3O5S. The molecule has 0 saturated heterocycles. The molecular weight excluding hydrogens is 513 g/mol. The first-order valence-corrected chi connectivity index (χ1v) is 12.4. The number of rotatable bonds is 8. The maximum Gasteiger partial charge on any atom is 0.255 e. The number of methoxy groups -OCH3 is 1. The Balaban J connectivity index is 1.75. The number of pyridine rings is 1. The predicted octanol–water partition coefficient (Wildman–Crippen LogP) is 5.19. The van der Waals surface area contributed by atoms with Crippen molar-refractivity contribution in [3.05, 3.63) is 69.8 Å². The zero-order valence-electron chi connectivity index (χ0n) is 19.1. The third-order valence-electron chi connectivity index (χ3n) is 5.10. The number of hydrogen-bond donors (Lipinski definition) is 3. The van der Waals surface area contributed by atoms with Crippen molar-refractivity contribution in [1.82, 2.24) is 4.98 Å². The molecule has 8 nitrogen and oxygen atoms in total. The molecule has 2 atom stereocenters. The van der Waals surface area contributed by atoms with Crippen LogP contribution in [0.15, 0.2) is 53.6 Å². The summed E-state index contributed by atoms with van der Waals surface area (Å²) in [5.74, 6) is -0.994. The van der Waals surface area contributed by atoms with Crippen molar-refractivity contribution in [2.45, 2.75) is 30.4 Å². The van der Waals surface area contributed by atoms with Crippen molar-refractivity contribution in [2.75, 3.05) is 17.7 Å². The van der Waals surface area contributed by atoms with Crippen molar-refractivity contribution in [3.63, 3.8) is 0 Å². The van der Waals surface area contributed by atoms with Gasteiger partial charge in [-0.15, -0.1) is 0 Å². The number of amides is 2. The molecule has 2 aromatic carbocycles. The molecule has 184 valence electrons. The molecule has 3 aromatic rings. The maximum absolute atomic E-state index is 12.9. The first kappa shape index (κ1) is 26.5. The molecule has 0 saturated carbocycles. The molecule has 3 N–H and O–H groups in total. The van der Waals surface area contributed by atoms with E-state index in [0.29, 0.717) is 21.4 Å². The second kappa shape index (κ2) is 11.5. The van der Waals surface area contributed by atoms with E-state index in [1.807, 2.05) is 6.92 Å². The number of carbonyl (C=O) groups excluding carboxylic acids is 2. The van der Waals surface area contributed by atoms with E-state index in [0.717, 1.165) is 5.56 Å². The summed E-state index contributed by atoms with van der Waals surface area (Å²) in [6.07, 6.45) is 1.67. The van der Waals surface area contributed by atoms with Crippen LogP contribution in [0.2, 0.25) is 10.0 Å². The fourth-order valence-electron chi connectivity index (χ4n) is 3.10. The number of carbonyl (C=O) groups is 2. The lowest BCUT2D eigenvalue weighted by molar-refractivity contribution is -0.115. The number of hydrogen-bond acceptors (Lipinski definition) is 6. The maximum atomic E-state index is 12.9. The van der Waals surface area contributed by atoms with Gasteiger partial charge in [-0.2, -0.15) is 0 Å². The largest absolute Gasteiger partial charge is 0.506 e. The topological polar surface area (TPSA) is 118 Å². The number of halogens is 2. The Morgan fingerprint density at radius 1 is 1.09 bits per heavy atom. The Labute approximate surface area is 215 Å². The van der Waals surface area contributed by atoms with Crippen LogP contribution in [0, 0.1) is 6.92 Å². The van der Waals surface area contributed by atoms with Crippen LogP contribution >= 0.6 is 23.2 Å². The molecule has 0 spiro atoms. The van der Waals surface area contributed by atoms with Gasteiger partial charge < -0.3 is 20.5 Å². The minimum absolute atomic E-state index is 0.0506. The van der Waals surface area contributed by atoms with Crippen molar-refractivity contribution in [2.24, 2.45) is 0 Å². The molecule has 3 rings (SSSR count). The van der Waals surface area contributed by atoms with Gasteiger partial charge in [0.05, 0.1) is 39.2 Å². The molecule has 0 aliphatic rings. The van der Waals surface area contributed by atoms with Gasteiger partial charge in [-0.3, -0.25) is 13.8 Å². The summed E-state index contributed by atoms with van der Waals surface area (Å²) in [7, 11) is -0.220. The van der Waals surface area contributed by atoms with Gasteiger partial charge in [0, 0.05) is 28.9 Å². The zero-order valence-corrected chi connectivity index (χ0v) is 21.4. The van der Waals surface area contributed by atoms with Gasteiger partial charge in [0.15, 0.2) is 0 Å². The minimum Gasteiger partial charge on any atom is -0.506 e. The molecule has 11 heteroatoms. The normalized spacial score (nSPS) is 12.5. The number of benzene rings is 2. The monoisotopic (exact) mass is 535 g/mol. The van der Waals surface area contributed by atoms with E-state index in [-0.39, 0.29) is 28.6 Å². The van der Waals surface area contributed by atoms with Gasteiger partial charge in [-0.25, -0.2) is 4.98 Å². The van der Waals surface area contributed by atoms with E-state index in [1.165, 1.54) is 31.5 Å². The summed E-state index contributed by atoms with van der Waals surface area (Å²) in [4.78, 5) is 29.8. The highest BCUT2D eigenvalue weighted by atomic mass is 35.5. The number of phenols is 1. The third kappa shape index (κ3) is 6.30. The Bertz CT molecular complexity index is 1280. The highest BCUT2D eigenvalue weighted by molar-refractivity contribution is 7.86. The molecule has 2 amide bonds. The first-order chi connectivity index (χ1) is 16.6. The molecule has 0 aliphatic carbocycles. The van der Waals surface area contributed by atoms with Gasteiger partial charge in [-0.05, 0) is 43.2 Å². The summed E-state index contributed by atoms with van der Waals surface area (Å²) < 4.78 is 17.9. The van der Waals surface area contributed by atoms with Crippen LogP contribution in [0.1, 0.15) is 29.3 Å². The zero-order chi connectivity index (χ0) is 25.7. The van der Waals surface area contributed by atoms with Crippen LogP contribution in [-0.4, -0.2) is 38.5 Å². The van der Waals surface area contributed by atoms with Gasteiger partial charge in [0.2, 0.25) is 11.8 Å². The Morgan fingerprint density at radius 2 is 1.83 bits per heavy atom. The smallest absolute Gasteiger partial charge is 0.255 e. The van der Waals surface area contributed by atoms with E-state index in [1.54, 1.807) is 31.2 Å². The highest BCUT2D eigenvalue weighted by Gasteiger charge is 2.26. The summed E-state index contributed by atoms with van der Waals surface area (Å²) in [6, 6.07) is 10.5. The van der Waals surface area contributed by atoms with E-state index in [4.69, 9.17) is 27.9 Å². The number of ether oxygens (including phenoxy) is 1. The highest BCUT2D eigenvalue weighted by Crippen LogP contribution is 2.34. The number of aromatic nitrogens is 1. The third-order valence-corrected chi connectivity index (χ3v) is 7.59. The van der Waals surface area contributed by atoms with Crippen LogP contribution in [0.25, 0.3) is 0 Å². The van der Waals surface area contributed by atoms with Crippen molar-refractivity contribution in [1.29, 1.82) is 0 Å². The second-order valence-corrected chi connectivity index (χ2v) is 9.94. The molecule has 1 heterocycles. The van der Waals surface area contributed by atoms with E-state index >= 15 is 0 Å². The summed E-state index contributed by atoms with van der Waals surface area (Å²) in [5, 5.41) is 15.2. The van der Waals surface area contributed by atoms with Crippen LogP contribution in [0.4, 0.5) is 11.4 Å². The van der Waals surface area contributed by atoms with Crippen LogP contribution in [0.5, 0.6) is 11.6 Å². The fourth-order valence-corrected chi connectivity index (χ4v) is 4.74. The molecule has 2 unspecified atom stereocenters. The van der Waals surface area contributed by atoms with E-state index < -0.39 is 27.9 Å². The van der Waals surface area contributed by atoms with Gasteiger partial charge in [0.1, 0.15) is 11.0 Å². The molecule has 35 heavy (non-hydrogen) atoms. The molecule has 0 bridgehead atoms.